The minimum atomic E-state index is -0.529. The summed E-state index contributed by atoms with van der Waals surface area (Å²) in [4.78, 5) is 24.6. The lowest BCUT2D eigenvalue weighted by atomic mass is 9.87. The van der Waals surface area contributed by atoms with E-state index in [0.29, 0.717) is 23.1 Å². The van der Waals surface area contributed by atoms with Gasteiger partial charge in [0.15, 0.2) is 0 Å². The van der Waals surface area contributed by atoms with Crippen molar-refractivity contribution in [1.29, 1.82) is 0 Å². The third-order valence-electron chi connectivity index (χ3n) is 5.08. The predicted octanol–water partition coefficient (Wildman–Crippen LogP) is 3.34. The van der Waals surface area contributed by atoms with E-state index in [1.807, 2.05) is 31.2 Å². The molecule has 2 aromatic rings. The molecule has 3 rings (SSSR count). The summed E-state index contributed by atoms with van der Waals surface area (Å²) in [6, 6.07) is 12.4. The first-order valence-electron chi connectivity index (χ1n) is 9.16. The number of rotatable bonds is 6. The van der Waals surface area contributed by atoms with Gasteiger partial charge in [-0.25, -0.2) is 0 Å². The third kappa shape index (κ3) is 4.85. The van der Waals surface area contributed by atoms with E-state index in [1.165, 1.54) is 0 Å². The first-order valence-corrected chi connectivity index (χ1v) is 9.91. The molecule has 1 aliphatic heterocycles. The van der Waals surface area contributed by atoms with Gasteiger partial charge in [0.25, 0.3) is 0 Å². The summed E-state index contributed by atoms with van der Waals surface area (Å²) in [5.41, 5.74) is 8.17. The zero-order chi connectivity index (χ0) is 20.3. The Labute approximate surface area is 174 Å². The Morgan fingerprint density at radius 1 is 1.21 bits per heavy atom. The maximum absolute atomic E-state index is 13.1. The lowest BCUT2D eigenvalue weighted by Gasteiger charge is -2.24. The number of carbonyl (C=O) groups excluding carboxylic acids is 2. The molecule has 1 aliphatic rings. The van der Waals surface area contributed by atoms with Gasteiger partial charge in [-0.2, -0.15) is 0 Å². The fraction of sp³-hybridized carbons (Fsp3) is 0.333. The molecular formula is C21H23Cl2N3O2. The molecule has 1 heterocycles. The average molecular weight is 420 g/mol. The van der Waals surface area contributed by atoms with Crippen LogP contribution in [0.4, 0.5) is 0 Å². The number of primary amides is 1. The van der Waals surface area contributed by atoms with Gasteiger partial charge in [0.1, 0.15) is 0 Å². The second-order valence-electron chi connectivity index (χ2n) is 7.18. The SMILES string of the molecule is Cc1ccc(C2CNCC2C(=O)N[C@H](CC(N)=O)c2cccc(Cl)c2)c(Cl)c1. The van der Waals surface area contributed by atoms with E-state index in [2.05, 4.69) is 10.6 Å². The molecule has 2 unspecified atom stereocenters. The van der Waals surface area contributed by atoms with Gasteiger partial charge in [-0.1, -0.05) is 47.5 Å². The number of nitrogens with one attached hydrogen (secondary N) is 2. The molecule has 148 valence electrons. The fourth-order valence-electron chi connectivity index (χ4n) is 3.67. The fourth-order valence-corrected chi connectivity index (χ4v) is 4.24. The highest BCUT2D eigenvalue weighted by Crippen LogP contribution is 2.34. The number of halogens is 2. The van der Waals surface area contributed by atoms with Crippen LogP contribution >= 0.6 is 23.2 Å². The quantitative estimate of drug-likeness (QED) is 0.670. The predicted molar refractivity (Wildman–Crippen MR) is 111 cm³/mol. The van der Waals surface area contributed by atoms with Crippen LogP contribution in [0, 0.1) is 12.8 Å². The zero-order valence-corrected chi connectivity index (χ0v) is 17.1. The first-order chi connectivity index (χ1) is 13.3. The lowest BCUT2D eigenvalue weighted by Crippen LogP contribution is -2.38. The maximum atomic E-state index is 13.1. The molecule has 2 amide bonds. The topological polar surface area (TPSA) is 84.2 Å². The van der Waals surface area contributed by atoms with Crippen LogP contribution in [0.15, 0.2) is 42.5 Å². The van der Waals surface area contributed by atoms with Crippen LogP contribution in [0.2, 0.25) is 10.0 Å². The van der Waals surface area contributed by atoms with Crippen molar-refractivity contribution < 1.29 is 9.59 Å². The maximum Gasteiger partial charge on any atom is 0.225 e. The number of carbonyl (C=O) groups is 2. The number of aryl methyl sites for hydroxylation is 1. The van der Waals surface area contributed by atoms with E-state index in [1.54, 1.807) is 18.2 Å². The van der Waals surface area contributed by atoms with Gasteiger partial charge in [-0.15, -0.1) is 0 Å². The van der Waals surface area contributed by atoms with Gasteiger partial charge in [0, 0.05) is 29.1 Å². The monoisotopic (exact) mass is 419 g/mol. The summed E-state index contributed by atoms with van der Waals surface area (Å²) in [5.74, 6) is -0.970. The number of amides is 2. The molecule has 28 heavy (non-hydrogen) atoms. The second-order valence-corrected chi connectivity index (χ2v) is 8.03. The van der Waals surface area contributed by atoms with Crippen molar-refractivity contribution in [2.45, 2.75) is 25.3 Å². The Hall–Kier alpha value is -2.08. The number of benzene rings is 2. The van der Waals surface area contributed by atoms with Crippen LogP contribution in [0.3, 0.4) is 0 Å². The van der Waals surface area contributed by atoms with E-state index in [-0.39, 0.29) is 24.2 Å². The minimum Gasteiger partial charge on any atom is -0.370 e. The van der Waals surface area contributed by atoms with Crippen LogP contribution in [0.1, 0.15) is 35.1 Å². The van der Waals surface area contributed by atoms with Gasteiger partial charge in [0.2, 0.25) is 11.8 Å². The normalized spacial score (nSPS) is 20.0. The van der Waals surface area contributed by atoms with Gasteiger partial charge >= 0.3 is 0 Å². The third-order valence-corrected chi connectivity index (χ3v) is 5.64. The van der Waals surface area contributed by atoms with Crippen molar-refractivity contribution in [3.8, 4) is 0 Å². The van der Waals surface area contributed by atoms with E-state index >= 15 is 0 Å². The molecule has 0 saturated carbocycles. The van der Waals surface area contributed by atoms with Gasteiger partial charge in [-0.3, -0.25) is 9.59 Å². The van der Waals surface area contributed by atoms with E-state index < -0.39 is 11.9 Å². The van der Waals surface area contributed by atoms with Crippen molar-refractivity contribution in [3.63, 3.8) is 0 Å². The molecule has 4 N–H and O–H groups in total. The van der Waals surface area contributed by atoms with Crippen molar-refractivity contribution in [1.82, 2.24) is 10.6 Å². The zero-order valence-electron chi connectivity index (χ0n) is 15.5. The largest absolute Gasteiger partial charge is 0.370 e. The number of hydrogen-bond donors (Lipinski definition) is 3. The van der Waals surface area contributed by atoms with Crippen LogP contribution < -0.4 is 16.4 Å². The molecule has 2 aromatic carbocycles. The Morgan fingerprint density at radius 3 is 2.68 bits per heavy atom. The van der Waals surface area contributed by atoms with Crippen molar-refractivity contribution in [2.24, 2.45) is 11.7 Å². The average Bonchev–Trinajstić information content (AvgIpc) is 3.10. The molecule has 0 aromatic heterocycles. The van der Waals surface area contributed by atoms with Crippen LogP contribution in [-0.2, 0) is 9.59 Å². The molecule has 3 atom stereocenters. The summed E-state index contributed by atoms with van der Waals surface area (Å²) in [6.45, 7) is 3.18. The van der Waals surface area contributed by atoms with Crippen molar-refractivity contribution in [3.05, 3.63) is 69.2 Å². The molecule has 0 spiro atoms. The first kappa shape index (κ1) is 20.6. The minimum absolute atomic E-state index is 0.00217. The standard InChI is InChI=1S/C21H23Cl2N3O2/c1-12-5-6-15(18(23)7-12)16-10-25-11-17(16)21(28)26-19(9-20(24)27)13-3-2-4-14(22)8-13/h2-8,16-17,19,25H,9-11H2,1H3,(H2,24,27)(H,26,28)/t16?,17?,19-/m1/s1. The highest BCUT2D eigenvalue weighted by atomic mass is 35.5. The Kier molecular flexibility index (Phi) is 6.60. The summed E-state index contributed by atoms with van der Waals surface area (Å²) < 4.78 is 0. The van der Waals surface area contributed by atoms with Crippen LogP contribution in [-0.4, -0.2) is 24.9 Å². The van der Waals surface area contributed by atoms with E-state index in [4.69, 9.17) is 28.9 Å². The van der Waals surface area contributed by atoms with Crippen LogP contribution in [0.25, 0.3) is 0 Å². The Balaban J connectivity index is 1.81. The molecule has 0 aliphatic carbocycles. The summed E-state index contributed by atoms with van der Waals surface area (Å²) in [6.07, 6.45) is 0.00217. The highest BCUT2D eigenvalue weighted by molar-refractivity contribution is 6.31. The molecule has 0 radical (unpaired) electrons. The summed E-state index contributed by atoms with van der Waals surface area (Å²) in [5, 5.41) is 7.45. The Morgan fingerprint density at radius 2 is 2.00 bits per heavy atom. The molecule has 0 bridgehead atoms. The number of nitrogens with two attached hydrogens (primary N) is 1. The van der Waals surface area contributed by atoms with Crippen molar-refractivity contribution in [2.75, 3.05) is 13.1 Å². The molecule has 5 nitrogen and oxygen atoms in total. The Bertz CT molecular complexity index is 888. The smallest absolute Gasteiger partial charge is 0.225 e. The van der Waals surface area contributed by atoms with Gasteiger partial charge < -0.3 is 16.4 Å². The molecule has 1 fully saturated rings. The van der Waals surface area contributed by atoms with E-state index in [9.17, 15) is 9.59 Å². The van der Waals surface area contributed by atoms with Gasteiger partial charge in [0.05, 0.1) is 18.4 Å². The highest BCUT2D eigenvalue weighted by Gasteiger charge is 2.36. The lowest BCUT2D eigenvalue weighted by molar-refractivity contribution is -0.126. The van der Waals surface area contributed by atoms with Crippen molar-refractivity contribution >= 4 is 35.0 Å². The van der Waals surface area contributed by atoms with Crippen LogP contribution in [0.5, 0.6) is 0 Å². The van der Waals surface area contributed by atoms with Gasteiger partial charge in [-0.05, 0) is 41.8 Å². The summed E-state index contributed by atoms with van der Waals surface area (Å²) >= 11 is 12.5. The number of hydrogen-bond acceptors (Lipinski definition) is 3. The summed E-state index contributed by atoms with van der Waals surface area (Å²) in [7, 11) is 0. The second kappa shape index (κ2) is 8.95. The molecule has 1 saturated heterocycles. The van der Waals surface area contributed by atoms with E-state index in [0.717, 1.165) is 16.7 Å². The molecule has 7 heteroatoms. The molecular weight excluding hydrogens is 397 g/mol.